The molecule has 2 nitrogen and oxygen atoms in total. The monoisotopic (exact) mass is 614 g/mol. The van der Waals surface area contributed by atoms with Crippen molar-refractivity contribution in [3.63, 3.8) is 0 Å². The van der Waals surface area contributed by atoms with Gasteiger partial charge in [0.15, 0.2) is 0 Å². The van der Waals surface area contributed by atoms with Gasteiger partial charge in [-0.1, -0.05) is 115 Å². The summed E-state index contributed by atoms with van der Waals surface area (Å²) in [4.78, 5) is 0. The maximum atomic E-state index is 6.55. The Morgan fingerprint density at radius 2 is 1.25 bits per heavy atom. The van der Waals surface area contributed by atoms with Gasteiger partial charge in [-0.25, -0.2) is 0 Å². The molecule has 2 unspecified atom stereocenters. The lowest BCUT2D eigenvalue weighted by Gasteiger charge is -2.26. The number of fused-ring (bicyclic) bond motifs is 11. The van der Waals surface area contributed by atoms with Crippen LogP contribution in [0.5, 0.6) is 5.75 Å². The molecule has 0 N–H and O–H groups in total. The lowest BCUT2D eigenvalue weighted by Crippen LogP contribution is -2.08. The van der Waals surface area contributed by atoms with Gasteiger partial charge in [-0.05, 0) is 98.0 Å². The number of benzene rings is 6. The summed E-state index contributed by atoms with van der Waals surface area (Å²) in [6.07, 6.45) is 20.0. The highest BCUT2D eigenvalue weighted by molar-refractivity contribution is 6.17. The molecule has 2 atom stereocenters. The second kappa shape index (κ2) is 9.82. The molecular weight excluding hydrogens is 585 g/mol. The van der Waals surface area contributed by atoms with Gasteiger partial charge < -0.3 is 9.15 Å². The molecule has 0 radical (unpaired) electrons. The van der Waals surface area contributed by atoms with Crippen LogP contribution >= 0.6 is 0 Å². The van der Waals surface area contributed by atoms with E-state index in [0.717, 1.165) is 57.1 Å². The molecule has 0 spiro atoms. The van der Waals surface area contributed by atoms with Crippen LogP contribution in [-0.4, -0.2) is 0 Å². The average molecular weight is 615 g/mol. The highest BCUT2D eigenvalue weighted by Gasteiger charge is 2.34. The zero-order valence-corrected chi connectivity index (χ0v) is 26.2. The quantitative estimate of drug-likeness (QED) is 0.181. The molecule has 0 saturated carbocycles. The van der Waals surface area contributed by atoms with Crippen LogP contribution in [0.3, 0.4) is 0 Å². The molecule has 3 aliphatic carbocycles. The second-order valence-electron chi connectivity index (χ2n) is 13.5. The van der Waals surface area contributed by atoms with Crippen LogP contribution in [0.1, 0.15) is 35.4 Å². The van der Waals surface area contributed by atoms with Gasteiger partial charge in [0.2, 0.25) is 0 Å². The number of allylic oxidation sites excluding steroid dienone is 12. The van der Waals surface area contributed by atoms with Crippen molar-refractivity contribution >= 4 is 65.4 Å². The van der Waals surface area contributed by atoms with E-state index >= 15 is 0 Å². The highest BCUT2D eigenvalue weighted by atomic mass is 16.5. The Labute approximate surface area is 277 Å². The number of ether oxygens (including phenoxy) is 1. The van der Waals surface area contributed by atoms with Gasteiger partial charge in [0.1, 0.15) is 22.7 Å². The molecule has 0 amide bonds. The molecule has 0 fully saturated rings. The number of para-hydroxylation sites is 1. The lowest BCUT2D eigenvalue weighted by atomic mass is 9.77. The second-order valence-corrected chi connectivity index (χ2v) is 13.5. The number of rotatable bonds is 2. The molecular formula is C46H30O2. The fraction of sp³-hybridized carbons (Fsp3) is 0.0870. The molecule has 4 aliphatic rings. The summed E-state index contributed by atoms with van der Waals surface area (Å²) in [5.74, 6) is 2.56. The van der Waals surface area contributed by atoms with Crippen LogP contribution in [-0.2, 0) is 0 Å². The minimum absolute atomic E-state index is 0.150. The predicted molar refractivity (Wildman–Crippen MR) is 199 cm³/mol. The predicted octanol–water partition coefficient (Wildman–Crippen LogP) is 12.3. The van der Waals surface area contributed by atoms with Crippen molar-refractivity contribution in [2.45, 2.75) is 18.8 Å². The van der Waals surface area contributed by atoms with Crippen LogP contribution in [0.15, 0.2) is 161 Å². The van der Waals surface area contributed by atoms with Gasteiger partial charge in [-0.3, -0.25) is 0 Å². The maximum Gasteiger partial charge on any atom is 0.143 e. The van der Waals surface area contributed by atoms with Crippen LogP contribution < -0.4 is 4.74 Å². The molecule has 2 heteroatoms. The summed E-state index contributed by atoms with van der Waals surface area (Å²) in [6.45, 7) is 0. The summed E-state index contributed by atoms with van der Waals surface area (Å²) in [7, 11) is 0. The van der Waals surface area contributed by atoms with Crippen molar-refractivity contribution in [3.8, 4) is 5.75 Å². The van der Waals surface area contributed by atoms with E-state index < -0.39 is 0 Å². The zero-order chi connectivity index (χ0) is 31.3. The fourth-order valence-electron chi connectivity index (χ4n) is 8.75. The van der Waals surface area contributed by atoms with Crippen LogP contribution in [0, 0.1) is 5.92 Å². The number of furan rings is 1. The first-order chi connectivity index (χ1) is 23.8. The number of hydrogen-bond donors (Lipinski definition) is 0. The van der Waals surface area contributed by atoms with E-state index in [2.05, 4.69) is 140 Å². The van der Waals surface area contributed by atoms with Crippen molar-refractivity contribution in [3.05, 3.63) is 174 Å². The van der Waals surface area contributed by atoms with Gasteiger partial charge in [-0.2, -0.15) is 0 Å². The Morgan fingerprint density at radius 1 is 0.562 bits per heavy atom. The Balaban J connectivity index is 1.07. The Hall–Kier alpha value is -5.86. The van der Waals surface area contributed by atoms with E-state index in [9.17, 15) is 0 Å². The molecule has 0 saturated heterocycles. The molecule has 11 rings (SSSR count). The lowest BCUT2D eigenvalue weighted by molar-refractivity contribution is 0.427. The standard InChI is InChI=1S/C46H30O2/c1-2-10-28-23-30(18-17-27(28)9-1)44-33-12-3-5-14-35(33)45(36-15-6-4-13-34(36)44)31-20-22-42-39(24-31)40-26-38-29(25-43(40)47-42)19-21-37-32-11-7-8-16-41(32)48-46(37)38/h1-22,25-26,28,39H,23-24H2. The van der Waals surface area contributed by atoms with Gasteiger partial charge in [0.05, 0.1) is 0 Å². The number of hydrogen-bond acceptors (Lipinski definition) is 2. The minimum Gasteiger partial charge on any atom is -0.461 e. The molecule has 1 aromatic heterocycles. The van der Waals surface area contributed by atoms with Crippen molar-refractivity contribution in [2.24, 2.45) is 5.92 Å². The van der Waals surface area contributed by atoms with E-state index in [-0.39, 0.29) is 5.92 Å². The molecule has 1 aliphatic heterocycles. The summed E-state index contributed by atoms with van der Waals surface area (Å²) < 4.78 is 13.0. The van der Waals surface area contributed by atoms with Crippen LogP contribution in [0.2, 0.25) is 0 Å². The topological polar surface area (TPSA) is 22.4 Å². The smallest absolute Gasteiger partial charge is 0.143 e. The summed E-state index contributed by atoms with van der Waals surface area (Å²) in [5, 5.41) is 9.86. The third-order valence-corrected chi connectivity index (χ3v) is 11.0. The molecule has 2 heterocycles. The maximum absolute atomic E-state index is 6.55. The van der Waals surface area contributed by atoms with Crippen molar-refractivity contribution in [1.82, 2.24) is 0 Å². The summed E-state index contributed by atoms with van der Waals surface area (Å²) in [6, 6.07) is 35.3. The van der Waals surface area contributed by atoms with E-state index in [0.29, 0.717) is 5.92 Å². The average Bonchev–Trinajstić information content (AvgIpc) is 3.70. The molecule has 0 bridgehead atoms. The first-order valence-corrected chi connectivity index (χ1v) is 16.9. The summed E-state index contributed by atoms with van der Waals surface area (Å²) in [5.41, 5.74) is 9.97. The molecule has 7 aromatic rings. The van der Waals surface area contributed by atoms with Crippen molar-refractivity contribution in [2.75, 3.05) is 0 Å². The van der Waals surface area contributed by atoms with E-state index in [1.807, 2.05) is 6.07 Å². The largest absolute Gasteiger partial charge is 0.461 e. The first-order valence-electron chi connectivity index (χ1n) is 16.9. The van der Waals surface area contributed by atoms with Crippen molar-refractivity contribution < 1.29 is 9.15 Å². The minimum atomic E-state index is 0.150. The summed E-state index contributed by atoms with van der Waals surface area (Å²) >= 11 is 0. The normalized spacial score (nSPS) is 19.6. The van der Waals surface area contributed by atoms with Gasteiger partial charge >= 0.3 is 0 Å². The van der Waals surface area contributed by atoms with Crippen LogP contribution in [0.25, 0.3) is 65.4 Å². The first kappa shape index (κ1) is 26.2. The molecule has 6 aromatic carbocycles. The molecule has 48 heavy (non-hydrogen) atoms. The van der Waals surface area contributed by atoms with Gasteiger partial charge in [0, 0.05) is 33.6 Å². The van der Waals surface area contributed by atoms with Crippen LogP contribution in [0.4, 0.5) is 0 Å². The third-order valence-electron chi connectivity index (χ3n) is 11.0. The Bertz CT molecular complexity index is 2700. The van der Waals surface area contributed by atoms with Crippen molar-refractivity contribution in [1.29, 1.82) is 0 Å². The molecule has 226 valence electrons. The highest BCUT2D eigenvalue weighted by Crippen LogP contribution is 2.52. The SMILES string of the molecule is C1=CC2=CC=C(c3c4ccccc4c(C4=CC=C5Oc6cc7ccc8c9ccccc9oc8c7cc6C5C4)c4ccccc34)CC2C=C1. The van der Waals surface area contributed by atoms with Gasteiger partial charge in [-0.15, -0.1) is 0 Å². The zero-order valence-electron chi connectivity index (χ0n) is 26.2. The van der Waals surface area contributed by atoms with E-state index in [1.54, 1.807) is 0 Å². The fourth-order valence-corrected chi connectivity index (χ4v) is 8.75. The Morgan fingerprint density at radius 3 is 2.02 bits per heavy atom. The van der Waals surface area contributed by atoms with Gasteiger partial charge in [0.25, 0.3) is 0 Å². The Kier molecular flexibility index (Phi) is 5.37. The van der Waals surface area contributed by atoms with E-state index in [4.69, 9.17) is 9.15 Å². The third kappa shape index (κ3) is 3.69. The van der Waals surface area contributed by atoms with E-state index in [1.165, 1.54) is 55.0 Å².